The maximum absolute atomic E-state index is 13.0. The molecule has 1 saturated heterocycles. The summed E-state index contributed by atoms with van der Waals surface area (Å²) in [6, 6.07) is 4.85. The number of ether oxygens (including phenoxy) is 1. The molecule has 1 amide bonds. The number of sulfonamides is 1. The van der Waals surface area contributed by atoms with Crippen LogP contribution in [-0.4, -0.2) is 69.3 Å². The van der Waals surface area contributed by atoms with Crippen LogP contribution in [0.4, 0.5) is 17.3 Å². The highest BCUT2D eigenvalue weighted by atomic mass is 32.2. The van der Waals surface area contributed by atoms with Crippen molar-refractivity contribution in [2.45, 2.75) is 25.8 Å². The summed E-state index contributed by atoms with van der Waals surface area (Å²) in [5, 5.41) is 11.2. The van der Waals surface area contributed by atoms with Crippen molar-refractivity contribution in [1.82, 2.24) is 29.0 Å². The third-order valence-electron chi connectivity index (χ3n) is 6.37. The molecule has 1 fully saturated rings. The number of carbonyl (C=O) groups is 1. The monoisotopic (exact) mass is 524 g/mol. The molecule has 0 bridgehead atoms. The van der Waals surface area contributed by atoms with Crippen molar-refractivity contribution in [2.75, 3.05) is 30.5 Å². The zero-order valence-electron chi connectivity index (χ0n) is 20.9. The van der Waals surface area contributed by atoms with E-state index in [-0.39, 0.29) is 5.91 Å². The Morgan fingerprint density at radius 2 is 2.08 bits per heavy atom. The summed E-state index contributed by atoms with van der Waals surface area (Å²) in [5.74, 6) is 0.465. The SMILES string of the molecule is COc1nn(C)cc1Nc1ncc(C)c(-c2c[nH]c3c(NC(=O)C4CCCN4S(C)(=O)=O)cccc23)n1. The number of aromatic nitrogens is 5. The van der Waals surface area contributed by atoms with Crippen LogP contribution in [0.5, 0.6) is 5.88 Å². The van der Waals surface area contributed by atoms with E-state index in [1.54, 1.807) is 37.3 Å². The predicted octanol–water partition coefficient (Wildman–Crippen LogP) is 2.78. The Balaban J connectivity index is 1.45. The third kappa shape index (κ3) is 4.74. The van der Waals surface area contributed by atoms with E-state index in [0.717, 1.165) is 28.3 Å². The number of aryl methyl sites for hydroxylation is 2. The number of hydrogen-bond donors (Lipinski definition) is 3. The average Bonchev–Trinajstić information content (AvgIpc) is 3.58. The molecule has 1 aliphatic heterocycles. The molecule has 0 spiro atoms. The van der Waals surface area contributed by atoms with E-state index >= 15 is 0 Å². The Hall–Kier alpha value is -3.97. The Morgan fingerprint density at radius 3 is 2.84 bits per heavy atom. The van der Waals surface area contributed by atoms with Crippen LogP contribution in [0.2, 0.25) is 0 Å². The Kier molecular flexibility index (Phi) is 6.33. The molecule has 0 saturated carbocycles. The first-order valence-electron chi connectivity index (χ1n) is 11.7. The van der Waals surface area contributed by atoms with Gasteiger partial charge in [-0.15, -0.1) is 5.10 Å². The van der Waals surface area contributed by atoms with E-state index in [0.29, 0.717) is 48.3 Å². The minimum Gasteiger partial charge on any atom is -0.478 e. The molecular formula is C24H28N8O4S. The minimum absolute atomic E-state index is 0.346. The second-order valence-corrected chi connectivity index (χ2v) is 11.0. The van der Waals surface area contributed by atoms with Crippen LogP contribution < -0.4 is 15.4 Å². The Morgan fingerprint density at radius 1 is 1.27 bits per heavy atom. The number of anilines is 3. The number of fused-ring (bicyclic) bond motifs is 1. The lowest BCUT2D eigenvalue weighted by molar-refractivity contribution is -0.119. The van der Waals surface area contributed by atoms with E-state index in [1.807, 2.05) is 25.3 Å². The van der Waals surface area contributed by atoms with Crippen molar-refractivity contribution in [2.24, 2.45) is 7.05 Å². The standard InChI is InChI=1S/C24H28N8O4S/c1-14-11-26-24(28-18-13-31(2)30-23(18)36-3)29-20(14)16-12-25-21-15(16)7-5-8-17(21)27-22(33)19-9-6-10-32(19)37(4,34)35/h5,7-8,11-13,19,25H,6,9-10H2,1-4H3,(H,27,33)(H,26,28,29). The van der Waals surface area contributed by atoms with Crippen LogP contribution in [0.3, 0.4) is 0 Å². The van der Waals surface area contributed by atoms with E-state index in [9.17, 15) is 13.2 Å². The van der Waals surface area contributed by atoms with Gasteiger partial charge >= 0.3 is 0 Å². The third-order valence-corrected chi connectivity index (χ3v) is 7.66. The van der Waals surface area contributed by atoms with E-state index in [4.69, 9.17) is 9.72 Å². The number of H-pyrrole nitrogens is 1. The maximum atomic E-state index is 13.0. The molecule has 1 unspecified atom stereocenters. The van der Waals surface area contributed by atoms with Gasteiger partial charge in [-0.3, -0.25) is 9.48 Å². The number of amides is 1. The molecule has 1 aliphatic rings. The van der Waals surface area contributed by atoms with Gasteiger partial charge in [-0.05, 0) is 31.4 Å². The molecule has 0 aliphatic carbocycles. The molecule has 4 aromatic rings. The van der Waals surface area contributed by atoms with Crippen molar-refractivity contribution >= 4 is 44.2 Å². The molecule has 4 heterocycles. The molecule has 37 heavy (non-hydrogen) atoms. The fourth-order valence-electron chi connectivity index (χ4n) is 4.67. The lowest BCUT2D eigenvalue weighted by atomic mass is 10.1. The van der Waals surface area contributed by atoms with Gasteiger partial charge in [0.15, 0.2) is 0 Å². The van der Waals surface area contributed by atoms with Crippen LogP contribution in [0.25, 0.3) is 22.2 Å². The molecule has 1 aromatic carbocycles. The van der Waals surface area contributed by atoms with Gasteiger partial charge in [-0.25, -0.2) is 18.4 Å². The normalized spacial score (nSPS) is 16.3. The van der Waals surface area contributed by atoms with Gasteiger partial charge in [0.1, 0.15) is 11.7 Å². The average molecular weight is 525 g/mol. The number of methoxy groups -OCH3 is 1. The summed E-state index contributed by atoms with van der Waals surface area (Å²) in [4.78, 5) is 25.4. The fraction of sp³-hybridized carbons (Fsp3) is 0.333. The van der Waals surface area contributed by atoms with Crippen LogP contribution in [0, 0.1) is 6.92 Å². The van der Waals surface area contributed by atoms with Crippen LogP contribution in [0.1, 0.15) is 18.4 Å². The van der Waals surface area contributed by atoms with E-state index in [1.165, 1.54) is 4.31 Å². The number of hydrogen-bond acceptors (Lipinski definition) is 8. The molecule has 12 nitrogen and oxygen atoms in total. The summed E-state index contributed by atoms with van der Waals surface area (Å²) >= 11 is 0. The number of benzene rings is 1. The van der Waals surface area contributed by atoms with Crippen LogP contribution in [0.15, 0.2) is 36.8 Å². The van der Waals surface area contributed by atoms with Crippen LogP contribution in [-0.2, 0) is 21.9 Å². The van der Waals surface area contributed by atoms with Crippen LogP contribution >= 0.6 is 0 Å². The van der Waals surface area contributed by atoms with Crippen molar-refractivity contribution in [3.63, 3.8) is 0 Å². The molecular weight excluding hydrogens is 496 g/mol. The van der Waals surface area contributed by atoms with E-state index in [2.05, 4.69) is 25.7 Å². The number of rotatable bonds is 7. The van der Waals surface area contributed by atoms with Gasteiger partial charge in [0.05, 0.1) is 36.5 Å². The number of aromatic amines is 1. The first kappa shape index (κ1) is 24.7. The second-order valence-electron chi connectivity index (χ2n) is 9.03. The lowest BCUT2D eigenvalue weighted by Crippen LogP contribution is -2.42. The molecule has 0 radical (unpaired) electrons. The number of para-hydroxylation sites is 1. The molecule has 5 rings (SSSR count). The maximum Gasteiger partial charge on any atom is 0.256 e. The van der Waals surface area contributed by atoms with Gasteiger partial charge in [0.2, 0.25) is 21.9 Å². The molecule has 194 valence electrons. The van der Waals surface area contributed by atoms with Crippen molar-refractivity contribution < 1.29 is 17.9 Å². The second kappa shape index (κ2) is 9.48. The largest absolute Gasteiger partial charge is 0.478 e. The number of carbonyl (C=O) groups excluding carboxylic acids is 1. The highest BCUT2D eigenvalue weighted by molar-refractivity contribution is 7.88. The van der Waals surface area contributed by atoms with E-state index < -0.39 is 16.1 Å². The molecule has 13 heteroatoms. The number of nitrogens with zero attached hydrogens (tertiary/aromatic N) is 5. The zero-order chi connectivity index (χ0) is 26.3. The first-order chi connectivity index (χ1) is 17.7. The van der Waals surface area contributed by atoms with Crippen molar-refractivity contribution in [3.8, 4) is 17.1 Å². The summed E-state index contributed by atoms with van der Waals surface area (Å²) < 4.78 is 32.4. The topological polar surface area (TPSA) is 147 Å². The van der Waals surface area contributed by atoms with Gasteiger partial charge in [-0.1, -0.05) is 12.1 Å². The summed E-state index contributed by atoms with van der Waals surface area (Å²) in [5.41, 5.74) is 4.35. The van der Waals surface area contributed by atoms with Gasteiger partial charge in [0.25, 0.3) is 5.88 Å². The first-order valence-corrected chi connectivity index (χ1v) is 13.6. The molecule has 1 atom stereocenters. The van der Waals surface area contributed by atoms with Gasteiger partial charge in [-0.2, -0.15) is 4.31 Å². The molecule has 3 N–H and O–H groups in total. The highest BCUT2D eigenvalue weighted by Crippen LogP contribution is 2.34. The van der Waals surface area contributed by atoms with Crippen molar-refractivity contribution in [1.29, 1.82) is 0 Å². The van der Waals surface area contributed by atoms with Crippen molar-refractivity contribution in [3.05, 3.63) is 42.4 Å². The number of nitrogens with one attached hydrogen (secondary N) is 3. The predicted molar refractivity (Wildman–Crippen MR) is 140 cm³/mol. The molecule has 3 aromatic heterocycles. The summed E-state index contributed by atoms with van der Waals surface area (Å²) in [6.45, 7) is 2.27. The summed E-state index contributed by atoms with van der Waals surface area (Å²) in [7, 11) is -0.128. The van der Waals surface area contributed by atoms with Gasteiger partial charge < -0.3 is 20.4 Å². The fourth-order valence-corrected chi connectivity index (χ4v) is 5.79. The lowest BCUT2D eigenvalue weighted by Gasteiger charge is -2.21. The smallest absolute Gasteiger partial charge is 0.256 e. The Labute approximate surface area is 214 Å². The highest BCUT2D eigenvalue weighted by Gasteiger charge is 2.36. The minimum atomic E-state index is -3.47. The zero-order valence-corrected chi connectivity index (χ0v) is 21.8. The van der Waals surface area contributed by atoms with Gasteiger partial charge in [0, 0.05) is 36.9 Å². The Bertz CT molecular complexity index is 1590. The quantitative estimate of drug-likeness (QED) is 0.334. The summed E-state index contributed by atoms with van der Waals surface area (Å²) in [6.07, 6.45) is 7.62.